The molecule has 0 unspecified atom stereocenters. The van der Waals surface area contributed by atoms with Gasteiger partial charge in [-0.1, -0.05) is 173 Å². The number of oxime groups is 2. The molecule has 5 aromatic rings. The van der Waals surface area contributed by atoms with Gasteiger partial charge in [-0.15, -0.1) is 0 Å². The van der Waals surface area contributed by atoms with E-state index in [1.54, 1.807) is 35.4 Å². The number of alkyl halides is 1. The van der Waals surface area contributed by atoms with Gasteiger partial charge in [0, 0.05) is 36.4 Å². The number of imide groups is 1. The van der Waals surface area contributed by atoms with Crippen molar-refractivity contribution in [3.63, 3.8) is 0 Å². The van der Waals surface area contributed by atoms with E-state index in [0.717, 1.165) is 39.2 Å². The Kier molecular flexibility index (Phi) is 27.6. The summed E-state index contributed by atoms with van der Waals surface area (Å²) < 4.78 is 11.3. The molecule has 1 fully saturated rings. The van der Waals surface area contributed by atoms with Crippen molar-refractivity contribution >= 4 is 51.8 Å². The Hall–Kier alpha value is -2.94. The Bertz CT molecular complexity index is 3050. The number of phenols is 1. The minimum atomic E-state index is -0.844. The number of nitrogens with zero attached hydrogens (tertiary/aromatic N) is 3. The molecule has 2 amide bonds. The number of hydrogen-bond acceptors (Lipinski definition) is 13. The first-order valence-electron chi connectivity index (χ1n) is 27.8. The molecular weight excluding hydrogens is 1360 g/mol. The van der Waals surface area contributed by atoms with Crippen LogP contribution in [0.1, 0.15) is 170 Å². The third-order valence-corrected chi connectivity index (χ3v) is 17.0. The van der Waals surface area contributed by atoms with Crippen molar-refractivity contribution in [3.8, 4) is 11.5 Å². The van der Waals surface area contributed by atoms with Crippen LogP contribution in [0.2, 0.25) is 0 Å². The number of carbonyl (C=O) groups is 4. The molecule has 3 heterocycles. The molecule has 434 valence electrons. The summed E-state index contributed by atoms with van der Waals surface area (Å²) in [6.45, 7) is 20.3. The number of fused-ring (bicyclic) bond motifs is 2. The molecule has 18 heteroatoms. The van der Waals surface area contributed by atoms with E-state index in [1.807, 2.05) is 54.6 Å². The number of phenolic OH excluding ortho intramolecular Hbond substituents is 1. The quantitative estimate of drug-likeness (QED) is 0.0489. The molecule has 5 aromatic carbocycles. The average molecular weight is 1440 g/mol. The standard InChI is InChI=1S/C27H33NO4.C22H22N2O5.C15H21Br.CH2O3.2Cs.H/c1-26(2)12-13-27(3,4)23-15-18(5-10-22(23)26)17-31-20-8-6-19(7-9-20)21(16-25(29)30)24-11-14-32-28-24;25-18-8-6-16(7-9-18)19(20-10-11-29-23-20)13-21(26)24-17(14-28-22(24)27)12-15-4-2-1-3-5-15;1-14(2)7-8-15(3,4)13-9-11(10-16)5-6-12(13)14;2-1-4-3;;;/h5-10,15,21H,11-14,16-17H2,1-4H3,(H,29,30);1-9,17,19,25H,10-14H2;5-6,9H,7-8,10H2,1-4H3;1,3H;;;/q;;;;2*+1;-1/p-1/t21-;17-,19-;;;;;/m00...../s1. The van der Waals surface area contributed by atoms with Crippen LogP contribution >= 0.6 is 15.9 Å². The zero-order chi connectivity index (χ0) is 58.5. The normalized spacial score (nSPS) is 18.7. The molecule has 10 rings (SSSR count). The predicted octanol–water partition coefficient (Wildman–Crippen LogP) is 6.67. The van der Waals surface area contributed by atoms with E-state index in [-0.39, 0.29) is 205 Å². The summed E-state index contributed by atoms with van der Waals surface area (Å²) in [6.07, 6.45) is 6.29. The van der Waals surface area contributed by atoms with Crippen LogP contribution in [-0.2, 0) is 73.7 Å². The summed E-state index contributed by atoms with van der Waals surface area (Å²) >= 11 is 3.55. The summed E-state index contributed by atoms with van der Waals surface area (Å²) in [4.78, 5) is 59.5. The van der Waals surface area contributed by atoms with E-state index < -0.39 is 12.1 Å². The number of carbonyl (C=O) groups excluding carboxylic acids is 3. The number of halogens is 1. The summed E-state index contributed by atoms with van der Waals surface area (Å²) in [6, 6.07) is 37.5. The molecule has 83 heavy (non-hydrogen) atoms. The van der Waals surface area contributed by atoms with E-state index in [2.05, 4.69) is 123 Å². The van der Waals surface area contributed by atoms with Crippen LogP contribution in [0.15, 0.2) is 126 Å². The number of aromatic hydroxyl groups is 1. The Morgan fingerprint density at radius 1 is 0.699 bits per heavy atom. The van der Waals surface area contributed by atoms with Crippen molar-refractivity contribution in [2.75, 3.05) is 19.8 Å². The third kappa shape index (κ3) is 19.3. The van der Waals surface area contributed by atoms with Gasteiger partial charge in [0.05, 0.1) is 23.9 Å². The largest absolute Gasteiger partial charge is 1.00 e. The number of amides is 2. The maximum absolute atomic E-state index is 13.1. The SMILES string of the molecule is CC1(C)CCC(C)(C)c2cc(CBr)ccc21.CC1(C)CCC(C)(C)c2cc(COc3ccc([C@H](CC(=O)O)C4=NOCC4)cc3)ccc21.O=C(C[C@H](C1=NOCC1)c1ccc(O)cc1)N1C(=O)OC[C@@H]1Cc1ccccc1.O=CO[O-].[Cs+].[Cs+].[H-]. The zero-order valence-electron chi connectivity index (χ0n) is 50.9. The molecule has 3 atom stereocenters. The van der Waals surface area contributed by atoms with Crippen molar-refractivity contribution in [3.05, 3.63) is 165 Å². The molecule has 1 saturated heterocycles. The molecule has 0 bridgehead atoms. The van der Waals surface area contributed by atoms with Gasteiger partial charge in [0.15, 0.2) is 0 Å². The molecule has 5 aliphatic rings. The van der Waals surface area contributed by atoms with Gasteiger partial charge in [-0.05, 0) is 128 Å². The fourth-order valence-corrected chi connectivity index (χ4v) is 11.7. The van der Waals surface area contributed by atoms with Crippen molar-refractivity contribution < 1.29 is 198 Å². The predicted molar refractivity (Wildman–Crippen MR) is 314 cm³/mol. The van der Waals surface area contributed by atoms with E-state index in [4.69, 9.17) is 29.2 Å². The van der Waals surface area contributed by atoms with Crippen LogP contribution in [-0.4, -0.2) is 76.8 Å². The summed E-state index contributed by atoms with van der Waals surface area (Å²) in [5.74, 6) is -0.824. The Labute approximate surface area is 616 Å². The number of hydrogen-bond donors (Lipinski definition) is 2. The summed E-state index contributed by atoms with van der Waals surface area (Å²) in [5, 5.41) is 36.4. The van der Waals surface area contributed by atoms with Crippen molar-refractivity contribution in [1.82, 2.24) is 4.90 Å². The molecule has 15 nitrogen and oxygen atoms in total. The average Bonchev–Trinajstić information content (AvgIpc) is 4.00. The van der Waals surface area contributed by atoms with Gasteiger partial charge in [0.1, 0.15) is 37.9 Å². The Morgan fingerprint density at radius 3 is 1.64 bits per heavy atom. The van der Waals surface area contributed by atoms with Crippen LogP contribution < -0.4 is 148 Å². The molecule has 0 spiro atoms. The monoisotopic (exact) mass is 1440 g/mol. The second kappa shape index (κ2) is 32.3. The van der Waals surface area contributed by atoms with Gasteiger partial charge in [0.25, 0.3) is 6.47 Å². The first-order chi connectivity index (χ1) is 38.5. The van der Waals surface area contributed by atoms with Crippen LogP contribution in [0.25, 0.3) is 0 Å². The maximum atomic E-state index is 13.1. The van der Waals surface area contributed by atoms with Gasteiger partial charge in [-0.2, -0.15) is 0 Å². The first kappa shape index (κ1) is 70.8. The molecule has 0 saturated carbocycles. The van der Waals surface area contributed by atoms with Gasteiger partial charge < -0.3 is 40.9 Å². The molecule has 3 aliphatic heterocycles. The number of benzene rings is 5. The van der Waals surface area contributed by atoms with Crippen molar-refractivity contribution in [1.29, 1.82) is 0 Å². The number of cyclic esters (lactones) is 1. The van der Waals surface area contributed by atoms with E-state index in [0.29, 0.717) is 49.9 Å². The van der Waals surface area contributed by atoms with Crippen LogP contribution in [0, 0.1) is 0 Å². The van der Waals surface area contributed by atoms with Gasteiger partial charge in [-0.25, -0.2) is 9.69 Å². The Morgan fingerprint density at radius 2 is 1.17 bits per heavy atom. The summed E-state index contributed by atoms with van der Waals surface area (Å²) in [7, 11) is 0. The second-order valence-electron chi connectivity index (χ2n) is 24.0. The molecule has 0 aromatic heterocycles. The van der Waals surface area contributed by atoms with Gasteiger partial charge >= 0.3 is 150 Å². The number of rotatable bonds is 15. The van der Waals surface area contributed by atoms with Gasteiger partial charge in [0.2, 0.25) is 5.91 Å². The fraction of sp³-hybridized carbons (Fsp3) is 0.446. The van der Waals surface area contributed by atoms with Crippen LogP contribution in [0.4, 0.5) is 4.79 Å². The minimum Gasteiger partial charge on any atom is -1.00 e. The van der Waals surface area contributed by atoms with Gasteiger partial charge in [-0.3, -0.25) is 14.4 Å². The van der Waals surface area contributed by atoms with Crippen molar-refractivity contribution in [2.24, 2.45) is 10.3 Å². The second-order valence-corrected chi connectivity index (χ2v) is 24.6. The van der Waals surface area contributed by atoms with E-state index in [9.17, 15) is 24.6 Å². The van der Waals surface area contributed by atoms with Crippen LogP contribution in [0.5, 0.6) is 11.5 Å². The maximum Gasteiger partial charge on any atom is 1.00 e. The van der Waals surface area contributed by atoms with Crippen molar-refractivity contribution in [2.45, 2.75) is 165 Å². The minimum absolute atomic E-state index is 0. The Balaban J connectivity index is 0.000000268. The molecule has 0 radical (unpaired) electrons. The van der Waals surface area contributed by atoms with Crippen LogP contribution in [0.3, 0.4) is 0 Å². The topological polar surface area (TPSA) is 206 Å². The van der Waals surface area contributed by atoms with E-state index >= 15 is 0 Å². The number of carboxylic acid groups (broad SMARTS) is 1. The summed E-state index contributed by atoms with van der Waals surface area (Å²) in [5.41, 5.74) is 14.0. The number of ether oxygens (including phenoxy) is 2. The smallest absolute Gasteiger partial charge is 1.00 e. The zero-order valence-corrected chi connectivity index (χ0v) is 64.0. The molecule has 2 aliphatic carbocycles. The number of aliphatic carboxylic acids is 1. The third-order valence-electron chi connectivity index (χ3n) is 16.4. The number of carboxylic acids is 1. The van der Waals surface area contributed by atoms with E-state index in [1.165, 1.54) is 52.8 Å². The fourth-order valence-electron chi connectivity index (χ4n) is 11.3. The first-order valence-corrected chi connectivity index (χ1v) is 28.9. The molecule has 2 N–H and O–H groups in total. The molecular formula is C65H78BrCs2N3O12.